The summed E-state index contributed by atoms with van der Waals surface area (Å²) in [6, 6.07) is 0. The van der Waals surface area contributed by atoms with E-state index in [-0.39, 0.29) is 29.6 Å². The molecule has 0 aromatic carbocycles. The van der Waals surface area contributed by atoms with E-state index in [9.17, 15) is 9.59 Å². The van der Waals surface area contributed by atoms with Gasteiger partial charge in [-0.3, -0.25) is 4.79 Å². The Balaban J connectivity index is 0. The molecule has 3 N–H and O–H groups in total. The zero-order valence-electron chi connectivity index (χ0n) is 5.44. The monoisotopic (exact) mass is 157 g/mol. The maximum absolute atomic E-state index is 9.72. The van der Waals surface area contributed by atoms with Crippen molar-refractivity contribution >= 4 is 11.9 Å². The minimum absolute atomic E-state index is 0. The van der Waals surface area contributed by atoms with Gasteiger partial charge in [-0.15, -0.1) is 0 Å². The minimum atomic E-state index is -1.79. The standard InChI is InChI=1S/C4H6O5.Na/c5-2(4(8)9)1-3(6)7;/h2,5H,1H2,(H,6,7)(H,8,9);/q;+1. The molecule has 0 aromatic heterocycles. The van der Waals surface area contributed by atoms with E-state index in [0.717, 1.165) is 0 Å². The maximum Gasteiger partial charge on any atom is 1.00 e. The first kappa shape index (κ1) is 12.6. The molecule has 0 spiro atoms. The Bertz CT molecular complexity index is 134. The number of hydrogen-bond donors (Lipinski definition) is 3. The van der Waals surface area contributed by atoms with E-state index in [1.54, 1.807) is 0 Å². The van der Waals surface area contributed by atoms with Crippen molar-refractivity contribution < 1.29 is 54.5 Å². The molecule has 0 radical (unpaired) electrons. The first-order valence-corrected chi connectivity index (χ1v) is 2.16. The molecule has 0 bridgehead atoms. The van der Waals surface area contributed by atoms with E-state index in [4.69, 9.17) is 15.3 Å². The number of rotatable bonds is 3. The number of hydrogen-bond acceptors (Lipinski definition) is 3. The van der Waals surface area contributed by atoms with E-state index in [1.165, 1.54) is 0 Å². The van der Waals surface area contributed by atoms with Gasteiger partial charge in [0.1, 0.15) is 0 Å². The van der Waals surface area contributed by atoms with Gasteiger partial charge in [-0.25, -0.2) is 4.79 Å². The zero-order valence-corrected chi connectivity index (χ0v) is 7.44. The van der Waals surface area contributed by atoms with Crippen LogP contribution in [0.2, 0.25) is 0 Å². The van der Waals surface area contributed by atoms with Crippen LogP contribution >= 0.6 is 0 Å². The molecular weight excluding hydrogens is 151 g/mol. The van der Waals surface area contributed by atoms with Crippen molar-refractivity contribution in [1.29, 1.82) is 0 Å². The van der Waals surface area contributed by atoms with Crippen LogP contribution in [0.1, 0.15) is 6.42 Å². The number of carboxylic acid groups (broad SMARTS) is 2. The average molecular weight is 157 g/mol. The third kappa shape index (κ3) is 6.03. The summed E-state index contributed by atoms with van der Waals surface area (Å²) in [5.41, 5.74) is 0. The Kier molecular flexibility index (Phi) is 7.12. The summed E-state index contributed by atoms with van der Waals surface area (Å²) in [7, 11) is 0. The molecule has 6 heteroatoms. The van der Waals surface area contributed by atoms with E-state index in [0.29, 0.717) is 0 Å². The second kappa shape index (κ2) is 5.67. The molecule has 0 rings (SSSR count). The largest absolute Gasteiger partial charge is 1.00 e. The molecule has 0 aliphatic carbocycles. The van der Waals surface area contributed by atoms with Crippen LogP contribution in [0.25, 0.3) is 0 Å². The number of aliphatic carboxylic acids is 2. The second-order valence-corrected chi connectivity index (χ2v) is 1.45. The van der Waals surface area contributed by atoms with Gasteiger partial charge in [-0.1, -0.05) is 0 Å². The van der Waals surface area contributed by atoms with Gasteiger partial charge < -0.3 is 15.3 Å². The summed E-state index contributed by atoms with van der Waals surface area (Å²) in [6.45, 7) is 0. The summed E-state index contributed by atoms with van der Waals surface area (Å²) in [6.07, 6.45) is -2.54. The van der Waals surface area contributed by atoms with Gasteiger partial charge in [0.25, 0.3) is 0 Å². The summed E-state index contributed by atoms with van der Waals surface area (Å²) in [5, 5.41) is 24.1. The van der Waals surface area contributed by atoms with Crippen LogP contribution in [0.15, 0.2) is 0 Å². The molecule has 0 amide bonds. The third-order valence-electron chi connectivity index (χ3n) is 0.653. The molecule has 0 fully saturated rings. The van der Waals surface area contributed by atoms with Crippen molar-refractivity contribution in [3.63, 3.8) is 0 Å². The molecule has 1 unspecified atom stereocenters. The van der Waals surface area contributed by atoms with Crippen LogP contribution in [0.5, 0.6) is 0 Å². The molecule has 1 atom stereocenters. The SMILES string of the molecule is O=C(O)CC(O)C(=O)O.[Na+]. The van der Waals surface area contributed by atoms with Gasteiger partial charge >= 0.3 is 41.5 Å². The Labute approximate surface area is 79.0 Å². The molecule has 0 saturated carbocycles. The van der Waals surface area contributed by atoms with Gasteiger partial charge in [0, 0.05) is 0 Å². The van der Waals surface area contributed by atoms with E-state index >= 15 is 0 Å². The first-order chi connectivity index (χ1) is 4.04. The quantitative estimate of drug-likeness (QED) is 0.362. The summed E-state index contributed by atoms with van der Waals surface area (Å²) in [5.74, 6) is -2.85. The zero-order chi connectivity index (χ0) is 7.44. The van der Waals surface area contributed by atoms with E-state index < -0.39 is 24.5 Å². The Morgan fingerprint density at radius 1 is 1.30 bits per heavy atom. The number of carboxylic acids is 2. The van der Waals surface area contributed by atoms with E-state index in [1.807, 2.05) is 0 Å². The summed E-state index contributed by atoms with van der Waals surface area (Å²) < 4.78 is 0. The third-order valence-corrected chi connectivity index (χ3v) is 0.653. The van der Waals surface area contributed by atoms with Crippen molar-refractivity contribution in [2.75, 3.05) is 0 Å². The molecule has 0 aromatic rings. The van der Waals surface area contributed by atoms with Gasteiger partial charge in [0.2, 0.25) is 0 Å². The van der Waals surface area contributed by atoms with Gasteiger partial charge in [0.05, 0.1) is 6.42 Å². The summed E-state index contributed by atoms with van der Waals surface area (Å²) in [4.78, 5) is 19.4. The van der Waals surface area contributed by atoms with Crippen molar-refractivity contribution in [2.24, 2.45) is 0 Å². The van der Waals surface area contributed by atoms with Crippen LogP contribution < -0.4 is 29.6 Å². The van der Waals surface area contributed by atoms with Gasteiger partial charge in [0.15, 0.2) is 6.10 Å². The normalized spacial score (nSPS) is 11.3. The maximum atomic E-state index is 9.72. The number of aliphatic hydroxyl groups excluding tert-OH is 1. The fourth-order valence-electron chi connectivity index (χ4n) is 0.253. The van der Waals surface area contributed by atoms with Crippen LogP contribution in [-0.4, -0.2) is 33.4 Å². The molecule has 52 valence electrons. The summed E-state index contributed by atoms with van der Waals surface area (Å²) >= 11 is 0. The second-order valence-electron chi connectivity index (χ2n) is 1.45. The predicted octanol–water partition coefficient (Wildman–Crippen LogP) is -4.09. The number of carbonyl (C=O) groups is 2. The van der Waals surface area contributed by atoms with Crippen molar-refractivity contribution in [2.45, 2.75) is 12.5 Å². The molecule has 0 aliphatic rings. The molecule has 10 heavy (non-hydrogen) atoms. The molecule has 0 aliphatic heterocycles. The molecule has 5 nitrogen and oxygen atoms in total. The molecule has 0 heterocycles. The van der Waals surface area contributed by atoms with Crippen LogP contribution in [0, 0.1) is 0 Å². The van der Waals surface area contributed by atoms with Crippen LogP contribution in [0.4, 0.5) is 0 Å². The Hall–Kier alpha value is -0.100. The van der Waals surface area contributed by atoms with Crippen LogP contribution in [0.3, 0.4) is 0 Å². The minimum Gasteiger partial charge on any atom is -0.481 e. The first-order valence-electron chi connectivity index (χ1n) is 2.16. The van der Waals surface area contributed by atoms with Gasteiger partial charge in [-0.2, -0.15) is 0 Å². The Morgan fingerprint density at radius 3 is 1.80 bits per heavy atom. The topological polar surface area (TPSA) is 94.8 Å². The van der Waals surface area contributed by atoms with Crippen molar-refractivity contribution in [3.8, 4) is 0 Å². The molecular formula is C4H6NaO5+. The molecule has 0 saturated heterocycles. The van der Waals surface area contributed by atoms with Crippen molar-refractivity contribution in [3.05, 3.63) is 0 Å². The Morgan fingerprint density at radius 2 is 1.70 bits per heavy atom. The van der Waals surface area contributed by atoms with Crippen molar-refractivity contribution in [1.82, 2.24) is 0 Å². The fourth-order valence-corrected chi connectivity index (χ4v) is 0.253. The smallest absolute Gasteiger partial charge is 0.481 e. The number of aliphatic hydroxyl groups is 1. The fraction of sp³-hybridized carbons (Fsp3) is 0.500. The average Bonchev–Trinajstić information content (AvgIpc) is 1.63. The predicted molar refractivity (Wildman–Crippen MR) is 25.9 cm³/mol. The van der Waals surface area contributed by atoms with Crippen LogP contribution in [-0.2, 0) is 9.59 Å². The van der Waals surface area contributed by atoms with E-state index in [2.05, 4.69) is 0 Å². The van der Waals surface area contributed by atoms with Gasteiger partial charge in [-0.05, 0) is 0 Å².